The third kappa shape index (κ3) is 2.44. The lowest BCUT2D eigenvalue weighted by Crippen LogP contribution is -2.33. The van der Waals surface area contributed by atoms with Crippen molar-refractivity contribution in [3.05, 3.63) is 46.5 Å². The smallest absolute Gasteiger partial charge is 0.126 e. The number of fused-ring (bicyclic) bond motifs is 1. The Labute approximate surface area is 116 Å². The molecular weight excluding hydrogens is 259 g/mol. The highest BCUT2D eigenvalue weighted by molar-refractivity contribution is 5.24. The van der Waals surface area contributed by atoms with Crippen LogP contribution in [0.1, 0.15) is 22.5 Å². The summed E-state index contributed by atoms with van der Waals surface area (Å²) in [6.45, 7) is 4.80. The first-order valence-corrected chi connectivity index (χ1v) is 6.67. The maximum absolute atomic E-state index is 13.3. The number of aliphatic hydroxyl groups excluding tert-OH is 1. The van der Waals surface area contributed by atoms with Gasteiger partial charge in [-0.2, -0.15) is 0 Å². The van der Waals surface area contributed by atoms with E-state index in [2.05, 4.69) is 15.2 Å². The van der Waals surface area contributed by atoms with Gasteiger partial charge in [0.05, 0.1) is 18.8 Å². The van der Waals surface area contributed by atoms with Crippen molar-refractivity contribution in [3.8, 4) is 0 Å². The molecule has 1 aliphatic rings. The Bertz CT molecular complexity index is 612. The molecule has 0 amide bonds. The molecule has 1 N–H and O–H groups in total. The molecule has 0 fully saturated rings. The first kappa shape index (κ1) is 13.2. The molecule has 1 aromatic carbocycles. The van der Waals surface area contributed by atoms with E-state index in [-0.39, 0.29) is 12.4 Å². The van der Waals surface area contributed by atoms with Gasteiger partial charge in [-0.15, -0.1) is 5.10 Å². The van der Waals surface area contributed by atoms with Gasteiger partial charge in [-0.3, -0.25) is 4.90 Å². The summed E-state index contributed by atoms with van der Waals surface area (Å²) in [6, 6.07) is 5.21. The average molecular weight is 276 g/mol. The molecule has 2 heterocycles. The molecular formula is C14H17FN4O. The van der Waals surface area contributed by atoms with Crippen LogP contribution in [0.25, 0.3) is 0 Å². The monoisotopic (exact) mass is 276 g/mol. The van der Waals surface area contributed by atoms with Crippen molar-refractivity contribution in [2.75, 3.05) is 6.54 Å². The van der Waals surface area contributed by atoms with Gasteiger partial charge in [0.25, 0.3) is 0 Å². The maximum atomic E-state index is 13.3. The molecule has 1 aliphatic heterocycles. The topological polar surface area (TPSA) is 54.2 Å². The van der Waals surface area contributed by atoms with Crippen LogP contribution in [0.15, 0.2) is 18.2 Å². The van der Waals surface area contributed by atoms with Crippen molar-refractivity contribution < 1.29 is 9.50 Å². The molecule has 3 rings (SSSR count). The third-order valence-electron chi connectivity index (χ3n) is 3.70. The van der Waals surface area contributed by atoms with Crippen molar-refractivity contribution >= 4 is 0 Å². The molecule has 0 saturated carbocycles. The summed E-state index contributed by atoms with van der Waals surface area (Å²) in [4.78, 5) is 2.25. The molecule has 0 bridgehead atoms. The van der Waals surface area contributed by atoms with E-state index in [1.807, 2.05) is 16.8 Å². The standard InChI is InChI=1S/C14H17FN4O/c1-10-6-11(2-3-12(10)15)7-18-4-5-19-14(8-18)13(9-20)16-17-19/h2-3,6,20H,4-5,7-9H2,1H3. The van der Waals surface area contributed by atoms with Crippen molar-refractivity contribution in [2.24, 2.45) is 0 Å². The van der Waals surface area contributed by atoms with Gasteiger partial charge < -0.3 is 5.11 Å². The minimum absolute atomic E-state index is 0.0845. The Balaban J connectivity index is 1.75. The van der Waals surface area contributed by atoms with Crippen LogP contribution >= 0.6 is 0 Å². The lowest BCUT2D eigenvalue weighted by Gasteiger charge is -2.27. The Morgan fingerprint density at radius 3 is 2.95 bits per heavy atom. The van der Waals surface area contributed by atoms with Crippen LogP contribution in [0.4, 0.5) is 4.39 Å². The lowest BCUT2D eigenvalue weighted by atomic mass is 10.1. The van der Waals surface area contributed by atoms with Crippen LogP contribution in [0, 0.1) is 12.7 Å². The molecule has 0 saturated heterocycles. The highest BCUT2D eigenvalue weighted by atomic mass is 19.1. The molecule has 0 aliphatic carbocycles. The van der Waals surface area contributed by atoms with E-state index in [1.165, 1.54) is 6.07 Å². The summed E-state index contributed by atoms with van der Waals surface area (Å²) < 4.78 is 15.1. The van der Waals surface area contributed by atoms with E-state index in [1.54, 1.807) is 6.92 Å². The number of hydrogen-bond donors (Lipinski definition) is 1. The highest BCUT2D eigenvalue weighted by Gasteiger charge is 2.21. The second-order valence-corrected chi connectivity index (χ2v) is 5.16. The van der Waals surface area contributed by atoms with Crippen LogP contribution in [0.3, 0.4) is 0 Å². The Morgan fingerprint density at radius 1 is 1.35 bits per heavy atom. The minimum atomic E-state index is -0.169. The number of benzene rings is 1. The molecule has 6 heteroatoms. The molecule has 1 aromatic heterocycles. The van der Waals surface area contributed by atoms with E-state index in [0.29, 0.717) is 17.8 Å². The fourth-order valence-electron chi connectivity index (χ4n) is 2.57. The van der Waals surface area contributed by atoms with Gasteiger partial charge >= 0.3 is 0 Å². The number of rotatable bonds is 3. The van der Waals surface area contributed by atoms with Crippen LogP contribution in [-0.2, 0) is 26.2 Å². The van der Waals surface area contributed by atoms with Crippen molar-refractivity contribution in [1.82, 2.24) is 19.9 Å². The SMILES string of the molecule is Cc1cc(CN2CCn3nnc(CO)c3C2)ccc1F. The van der Waals surface area contributed by atoms with Gasteiger partial charge in [0.15, 0.2) is 0 Å². The van der Waals surface area contributed by atoms with Crippen LogP contribution < -0.4 is 0 Å². The third-order valence-corrected chi connectivity index (χ3v) is 3.70. The van der Waals surface area contributed by atoms with Crippen LogP contribution in [0.5, 0.6) is 0 Å². The van der Waals surface area contributed by atoms with E-state index in [9.17, 15) is 9.50 Å². The van der Waals surface area contributed by atoms with Gasteiger partial charge in [-0.1, -0.05) is 17.3 Å². The number of aryl methyl sites for hydroxylation is 1. The van der Waals surface area contributed by atoms with E-state index < -0.39 is 0 Å². The van der Waals surface area contributed by atoms with Crippen LogP contribution in [0.2, 0.25) is 0 Å². The van der Waals surface area contributed by atoms with E-state index >= 15 is 0 Å². The van der Waals surface area contributed by atoms with Gasteiger partial charge in [-0.05, 0) is 24.1 Å². The predicted octanol–water partition coefficient (Wildman–Crippen LogP) is 1.23. The Kier molecular flexibility index (Phi) is 3.50. The fourth-order valence-corrected chi connectivity index (χ4v) is 2.57. The molecule has 0 radical (unpaired) electrons. The van der Waals surface area contributed by atoms with Crippen molar-refractivity contribution in [3.63, 3.8) is 0 Å². The van der Waals surface area contributed by atoms with Crippen LogP contribution in [-0.4, -0.2) is 31.5 Å². The molecule has 5 nitrogen and oxygen atoms in total. The number of hydrogen-bond acceptors (Lipinski definition) is 4. The second-order valence-electron chi connectivity index (χ2n) is 5.16. The zero-order chi connectivity index (χ0) is 14.1. The van der Waals surface area contributed by atoms with E-state index in [0.717, 1.165) is 30.9 Å². The largest absolute Gasteiger partial charge is 0.390 e. The molecule has 106 valence electrons. The molecule has 0 unspecified atom stereocenters. The molecule has 0 spiro atoms. The van der Waals surface area contributed by atoms with Crippen molar-refractivity contribution in [2.45, 2.75) is 33.2 Å². The zero-order valence-electron chi connectivity index (χ0n) is 11.4. The lowest BCUT2D eigenvalue weighted by molar-refractivity contribution is 0.200. The maximum Gasteiger partial charge on any atom is 0.126 e. The molecule has 2 aromatic rings. The minimum Gasteiger partial charge on any atom is -0.390 e. The first-order valence-electron chi connectivity index (χ1n) is 6.67. The summed E-state index contributed by atoms with van der Waals surface area (Å²) in [5, 5.41) is 17.2. The molecule has 20 heavy (non-hydrogen) atoms. The first-order chi connectivity index (χ1) is 9.67. The summed E-state index contributed by atoms with van der Waals surface area (Å²) >= 11 is 0. The van der Waals surface area contributed by atoms with Gasteiger partial charge in [0.2, 0.25) is 0 Å². The molecule has 0 atom stereocenters. The summed E-state index contributed by atoms with van der Waals surface area (Å²) in [5.74, 6) is -0.169. The fraction of sp³-hybridized carbons (Fsp3) is 0.429. The average Bonchev–Trinajstić information content (AvgIpc) is 2.85. The summed E-state index contributed by atoms with van der Waals surface area (Å²) in [5.41, 5.74) is 3.38. The second kappa shape index (κ2) is 5.30. The summed E-state index contributed by atoms with van der Waals surface area (Å²) in [7, 11) is 0. The van der Waals surface area contributed by atoms with Gasteiger partial charge in [0.1, 0.15) is 11.5 Å². The number of aromatic nitrogens is 3. The normalized spacial score (nSPS) is 15.3. The van der Waals surface area contributed by atoms with Gasteiger partial charge in [0, 0.05) is 19.6 Å². The summed E-state index contributed by atoms with van der Waals surface area (Å²) in [6.07, 6.45) is 0. The zero-order valence-corrected chi connectivity index (χ0v) is 11.4. The number of aliphatic hydroxyl groups is 1. The quantitative estimate of drug-likeness (QED) is 0.916. The predicted molar refractivity (Wildman–Crippen MR) is 71.2 cm³/mol. The van der Waals surface area contributed by atoms with E-state index in [4.69, 9.17) is 0 Å². The number of halogens is 1. The van der Waals surface area contributed by atoms with Crippen molar-refractivity contribution in [1.29, 1.82) is 0 Å². The highest BCUT2D eigenvalue weighted by Crippen LogP contribution is 2.18. The Morgan fingerprint density at radius 2 is 2.20 bits per heavy atom. The number of nitrogens with zero attached hydrogens (tertiary/aromatic N) is 4. The van der Waals surface area contributed by atoms with Gasteiger partial charge in [-0.25, -0.2) is 9.07 Å². The Hall–Kier alpha value is -1.79.